The van der Waals surface area contributed by atoms with Crippen molar-refractivity contribution in [2.24, 2.45) is 16.0 Å². The molecule has 2 aromatic rings. The minimum absolute atomic E-state index is 0.0361. The molecule has 0 atom stereocenters. The molecule has 0 fully saturated rings. The van der Waals surface area contributed by atoms with Crippen molar-refractivity contribution in [2.75, 3.05) is 13.2 Å². The van der Waals surface area contributed by atoms with E-state index < -0.39 is 10.8 Å². The largest absolute Gasteiger partial charge is 0.490 e. The third-order valence-corrected chi connectivity index (χ3v) is 7.07. The number of fused-ring (bicyclic) bond motifs is 1. The summed E-state index contributed by atoms with van der Waals surface area (Å²) in [6.07, 6.45) is 1.39. The van der Waals surface area contributed by atoms with Crippen LogP contribution in [0.5, 0.6) is 11.5 Å². The number of aryl methyl sites for hydroxylation is 1. The molecule has 1 amide bonds. The maximum Gasteiger partial charge on any atom is 0.283 e. The van der Waals surface area contributed by atoms with Gasteiger partial charge in [-0.1, -0.05) is 39.8 Å². The third-order valence-electron chi connectivity index (χ3n) is 5.86. The zero-order valence-electron chi connectivity index (χ0n) is 21.8. The van der Waals surface area contributed by atoms with E-state index in [-0.39, 0.29) is 41.8 Å². The number of rotatable bonds is 9. The topological polar surface area (TPSA) is 130 Å². The number of aliphatic imine (C=N–C) groups is 1. The molecule has 0 radical (unpaired) electrons. The molecule has 38 heavy (non-hydrogen) atoms. The van der Waals surface area contributed by atoms with Crippen molar-refractivity contribution in [3.05, 3.63) is 68.8 Å². The highest BCUT2D eigenvalue weighted by Crippen LogP contribution is 2.33. The lowest BCUT2D eigenvalue weighted by molar-refractivity contribution is -0.384. The van der Waals surface area contributed by atoms with Crippen LogP contribution in [0.15, 0.2) is 52.1 Å². The highest BCUT2D eigenvalue weighted by atomic mass is 32.2. The van der Waals surface area contributed by atoms with Crippen LogP contribution < -0.4 is 9.47 Å². The standard InChI is InChI=1S/C27H29N5O5S/c1-15(2)20-8-6-17(5)12-23(20)37-11-10-36-22-9-7-19(32(34)35)13-18(22)14-21-24(28)31-27(29-25(21)33)38-26(30-31)16(3)4/h6-9,12-16,28H,10-11H2,1-5H3/b21-14-,28-24?. The summed E-state index contributed by atoms with van der Waals surface area (Å²) in [5, 5.41) is 26.8. The van der Waals surface area contributed by atoms with E-state index >= 15 is 0 Å². The van der Waals surface area contributed by atoms with Gasteiger partial charge in [-0.3, -0.25) is 20.3 Å². The smallest absolute Gasteiger partial charge is 0.283 e. The summed E-state index contributed by atoms with van der Waals surface area (Å²) in [5.41, 5.74) is 2.25. The molecule has 0 saturated heterocycles. The van der Waals surface area contributed by atoms with Crippen LogP contribution in [0.1, 0.15) is 50.3 Å². The van der Waals surface area contributed by atoms with E-state index in [0.717, 1.165) is 21.9 Å². The van der Waals surface area contributed by atoms with Gasteiger partial charge < -0.3 is 9.47 Å². The van der Waals surface area contributed by atoms with E-state index in [0.29, 0.717) is 16.8 Å². The van der Waals surface area contributed by atoms with Crippen molar-refractivity contribution in [1.82, 2.24) is 5.01 Å². The molecular formula is C27H29N5O5S. The summed E-state index contributed by atoms with van der Waals surface area (Å²) in [6.45, 7) is 10.5. The molecule has 0 bridgehead atoms. The predicted molar refractivity (Wildman–Crippen MR) is 149 cm³/mol. The number of thioether (sulfide) groups is 1. The van der Waals surface area contributed by atoms with Gasteiger partial charge in [0.15, 0.2) is 5.84 Å². The Hall–Kier alpha value is -3.99. The first-order valence-corrected chi connectivity index (χ1v) is 13.0. The highest BCUT2D eigenvalue weighted by molar-refractivity contribution is 8.27. The Labute approximate surface area is 225 Å². The van der Waals surface area contributed by atoms with E-state index in [1.165, 1.54) is 41.0 Å². The van der Waals surface area contributed by atoms with E-state index in [1.807, 2.05) is 39.0 Å². The molecule has 1 N–H and O–H groups in total. The predicted octanol–water partition coefficient (Wildman–Crippen LogP) is 5.76. The minimum atomic E-state index is -0.615. The molecule has 0 spiro atoms. The van der Waals surface area contributed by atoms with Gasteiger partial charge in [-0.25, -0.2) is 0 Å². The number of hydrogen-bond donors (Lipinski definition) is 1. The fourth-order valence-electron chi connectivity index (χ4n) is 3.84. The number of benzene rings is 2. The Morgan fingerprint density at radius 2 is 1.79 bits per heavy atom. The summed E-state index contributed by atoms with van der Waals surface area (Å²) >= 11 is 1.25. The average molecular weight is 536 g/mol. The number of nitro groups is 1. The summed E-state index contributed by atoms with van der Waals surface area (Å²) < 4.78 is 11.9. The van der Waals surface area contributed by atoms with E-state index in [1.54, 1.807) is 0 Å². The Morgan fingerprint density at radius 1 is 1.08 bits per heavy atom. The summed E-state index contributed by atoms with van der Waals surface area (Å²) in [5.74, 6) is 0.742. The summed E-state index contributed by atoms with van der Waals surface area (Å²) in [7, 11) is 0. The molecule has 0 aliphatic carbocycles. The summed E-state index contributed by atoms with van der Waals surface area (Å²) in [6, 6.07) is 10.2. The Bertz CT molecular complexity index is 1400. The van der Waals surface area contributed by atoms with Crippen LogP contribution >= 0.6 is 11.8 Å². The van der Waals surface area contributed by atoms with Crippen molar-refractivity contribution >= 4 is 45.5 Å². The third kappa shape index (κ3) is 5.77. The van der Waals surface area contributed by atoms with Crippen molar-refractivity contribution in [3.63, 3.8) is 0 Å². The first kappa shape index (κ1) is 27.1. The number of hydrazone groups is 1. The quantitative estimate of drug-likeness (QED) is 0.187. The molecule has 0 unspecified atom stereocenters. The molecular weight excluding hydrogens is 506 g/mol. The van der Waals surface area contributed by atoms with Crippen LogP contribution in [-0.4, -0.2) is 45.1 Å². The van der Waals surface area contributed by atoms with Crippen LogP contribution in [0.4, 0.5) is 5.69 Å². The number of amides is 1. The molecule has 2 aromatic carbocycles. The first-order valence-electron chi connectivity index (χ1n) is 12.2. The molecule has 10 nitrogen and oxygen atoms in total. The Balaban J connectivity index is 1.56. The molecule has 198 valence electrons. The number of ether oxygens (including phenoxy) is 2. The van der Waals surface area contributed by atoms with Crippen LogP contribution in [0.2, 0.25) is 0 Å². The number of nitro benzene ring substituents is 1. The van der Waals surface area contributed by atoms with Gasteiger partial charge in [0.25, 0.3) is 11.6 Å². The summed E-state index contributed by atoms with van der Waals surface area (Å²) in [4.78, 5) is 27.8. The number of carbonyl (C=O) groups is 1. The zero-order chi connectivity index (χ0) is 27.6. The molecule has 0 saturated carbocycles. The van der Waals surface area contributed by atoms with Gasteiger partial charge in [0.1, 0.15) is 29.8 Å². The lowest BCUT2D eigenvalue weighted by Gasteiger charge is -2.20. The van der Waals surface area contributed by atoms with Crippen molar-refractivity contribution in [2.45, 2.75) is 40.5 Å². The molecule has 0 aromatic heterocycles. The number of carbonyl (C=O) groups excluding carboxylic acids is 1. The Kier molecular flexibility index (Phi) is 7.96. The van der Waals surface area contributed by atoms with Gasteiger partial charge in [0, 0.05) is 23.6 Å². The van der Waals surface area contributed by atoms with Crippen molar-refractivity contribution in [1.29, 1.82) is 5.41 Å². The average Bonchev–Trinajstić information content (AvgIpc) is 3.29. The molecule has 2 heterocycles. The molecule has 2 aliphatic heterocycles. The molecule has 2 aliphatic rings. The monoisotopic (exact) mass is 535 g/mol. The van der Waals surface area contributed by atoms with Gasteiger partial charge in [-0.05, 0) is 53.9 Å². The second-order valence-corrected chi connectivity index (χ2v) is 10.5. The highest BCUT2D eigenvalue weighted by Gasteiger charge is 2.36. The zero-order valence-corrected chi connectivity index (χ0v) is 22.7. The fourth-order valence-corrected chi connectivity index (χ4v) is 4.73. The van der Waals surface area contributed by atoms with Gasteiger partial charge in [-0.15, -0.1) is 0 Å². The molecule has 4 rings (SSSR count). The van der Waals surface area contributed by atoms with Crippen molar-refractivity contribution in [3.8, 4) is 11.5 Å². The number of amidine groups is 2. The van der Waals surface area contributed by atoms with Crippen LogP contribution in [0.3, 0.4) is 0 Å². The SMILES string of the molecule is Cc1ccc(C(C)C)c(OCCOc2ccc([N+](=O)[O-])cc2/C=C2/C(=N)N3N=C(C(C)C)SC3=NC2=O)c1. The molecule has 11 heteroatoms. The minimum Gasteiger partial charge on any atom is -0.490 e. The van der Waals surface area contributed by atoms with Crippen LogP contribution in [0.25, 0.3) is 6.08 Å². The number of nitrogens with zero attached hydrogens (tertiary/aromatic N) is 4. The second kappa shape index (κ2) is 11.2. The fraction of sp³-hybridized carbons (Fsp3) is 0.333. The van der Waals surface area contributed by atoms with E-state index in [9.17, 15) is 14.9 Å². The van der Waals surface area contributed by atoms with Gasteiger partial charge in [0.05, 0.1) is 10.5 Å². The lowest BCUT2D eigenvalue weighted by atomic mass is 10.0. The Morgan fingerprint density at radius 3 is 2.45 bits per heavy atom. The van der Waals surface area contributed by atoms with Gasteiger partial charge in [0.2, 0.25) is 5.17 Å². The second-order valence-electron chi connectivity index (χ2n) is 9.49. The number of non-ortho nitro benzene ring substituents is 1. The maximum absolute atomic E-state index is 12.8. The van der Waals surface area contributed by atoms with Gasteiger partial charge >= 0.3 is 0 Å². The number of nitrogens with one attached hydrogen (secondary N) is 1. The maximum atomic E-state index is 12.8. The lowest BCUT2D eigenvalue weighted by Crippen LogP contribution is -2.35. The normalized spacial score (nSPS) is 16.2. The van der Waals surface area contributed by atoms with E-state index in [2.05, 4.69) is 23.9 Å². The van der Waals surface area contributed by atoms with Crippen LogP contribution in [0, 0.1) is 28.4 Å². The first-order chi connectivity index (χ1) is 18.0. The van der Waals surface area contributed by atoms with E-state index in [4.69, 9.17) is 14.9 Å². The number of hydrogen-bond acceptors (Lipinski definition) is 8. The van der Waals surface area contributed by atoms with Crippen molar-refractivity contribution < 1.29 is 19.2 Å². The van der Waals surface area contributed by atoms with Crippen LogP contribution in [-0.2, 0) is 4.79 Å². The van der Waals surface area contributed by atoms with Gasteiger partial charge in [-0.2, -0.15) is 15.1 Å².